The number of carbonyl (C=O) groups is 1. The average molecular weight is 280 g/mol. The van der Waals surface area contributed by atoms with Gasteiger partial charge in [-0.3, -0.25) is 4.79 Å². The third-order valence-electron chi connectivity index (χ3n) is 5.59. The molecule has 3 heteroatoms. The van der Waals surface area contributed by atoms with E-state index in [0.717, 1.165) is 12.8 Å². The van der Waals surface area contributed by atoms with Gasteiger partial charge in [-0.25, -0.2) is 0 Å². The van der Waals surface area contributed by atoms with Crippen LogP contribution in [0.5, 0.6) is 0 Å². The zero-order chi connectivity index (χ0) is 14.8. The molecule has 2 fully saturated rings. The van der Waals surface area contributed by atoms with Crippen molar-refractivity contribution in [1.29, 1.82) is 0 Å². The molecule has 3 nitrogen and oxygen atoms in total. The first-order valence-corrected chi connectivity index (χ1v) is 8.53. The van der Waals surface area contributed by atoms with Crippen LogP contribution in [0.4, 0.5) is 0 Å². The fourth-order valence-corrected chi connectivity index (χ4v) is 4.55. The lowest BCUT2D eigenvalue weighted by Gasteiger charge is -2.49. The molecular formula is C17H32N2O. The smallest absolute Gasteiger partial charge is 0.238 e. The van der Waals surface area contributed by atoms with Crippen LogP contribution < -0.4 is 11.1 Å². The summed E-state index contributed by atoms with van der Waals surface area (Å²) in [6.45, 7) is 6.73. The summed E-state index contributed by atoms with van der Waals surface area (Å²) in [4.78, 5) is 12.4. The third-order valence-corrected chi connectivity index (χ3v) is 5.59. The lowest BCUT2D eigenvalue weighted by atomic mass is 9.64. The Morgan fingerprint density at radius 2 is 1.80 bits per heavy atom. The Hall–Kier alpha value is -0.570. The van der Waals surface area contributed by atoms with Crippen LogP contribution in [0.25, 0.3) is 0 Å². The predicted molar refractivity (Wildman–Crippen MR) is 83.3 cm³/mol. The second-order valence-electron chi connectivity index (χ2n) is 7.55. The minimum absolute atomic E-state index is 0.117. The van der Waals surface area contributed by atoms with E-state index >= 15 is 0 Å². The van der Waals surface area contributed by atoms with Gasteiger partial charge in [0.15, 0.2) is 0 Å². The number of primary amides is 1. The van der Waals surface area contributed by atoms with E-state index in [1.165, 1.54) is 38.5 Å². The van der Waals surface area contributed by atoms with Crippen molar-refractivity contribution >= 4 is 5.91 Å². The molecule has 0 spiro atoms. The van der Waals surface area contributed by atoms with E-state index in [0.29, 0.717) is 23.8 Å². The molecule has 3 N–H and O–H groups in total. The summed E-state index contributed by atoms with van der Waals surface area (Å²) in [5, 5.41) is 3.76. The second-order valence-corrected chi connectivity index (χ2v) is 7.55. The van der Waals surface area contributed by atoms with E-state index in [-0.39, 0.29) is 5.91 Å². The van der Waals surface area contributed by atoms with Crippen molar-refractivity contribution in [2.24, 2.45) is 23.5 Å². The van der Waals surface area contributed by atoms with Gasteiger partial charge < -0.3 is 11.1 Å². The summed E-state index contributed by atoms with van der Waals surface area (Å²) in [6, 6.07) is 0.489. The Morgan fingerprint density at radius 1 is 1.15 bits per heavy atom. The molecule has 20 heavy (non-hydrogen) atoms. The molecule has 0 aromatic heterocycles. The van der Waals surface area contributed by atoms with Gasteiger partial charge in [0.25, 0.3) is 0 Å². The first-order valence-electron chi connectivity index (χ1n) is 8.53. The summed E-state index contributed by atoms with van der Waals surface area (Å²) in [6.07, 6.45) is 9.59. The number of rotatable bonds is 4. The summed E-state index contributed by atoms with van der Waals surface area (Å²) in [5.41, 5.74) is 5.44. The molecule has 0 saturated heterocycles. The molecule has 0 aromatic rings. The van der Waals surface area contributed by atoms with E-state index in [4.69, 9.17) is 5.73 Å². The second kappa shape index (κ2) is 6.46. The number of hydrogen-bond donors (Lipinski definition) is 2. The van der Waals surface area contributed by atoms with E-state index in [2.05, 4.69) is 26.1 Å². The maximum Gasteiger partial charge on any atom is 0.238 e. The van der Waals surface area contributed by atoms with Crippen molar-refractivity contribution in [3.05, 3.63) is 0 Å². The molecular weight excluding hydrogens is 248 g/mol. The molecule has 0 radical (unpaired) electrons. The van der Waals surface area contributed by atoms with Crippen LogP contribution in [0.2, 0.25) is 0 Å². The number of nitrogens with one attached hydrogen (secondary N) is 1. The molecule has 116 valence electrons. The van der Waals surface area contributed by atoms with Crippen molar-refractivity contribution in [2.75, 3.05) is 0 Å². The van der Waals surface area contributed by atoms with Crippen LogP contribution in [-0.4, -0.2) is 17.5 Å². The minimum atomic E-state index is -0.464. The summed E-state index contributed by atoms with van der Waals surface area (Å²) < 4.78 is 0. The molecule has 3 unspecified atom stereocenters. The minimum Gasteiger partial charge on any atom is -0.368 e. The average Bonchev–Trinajstić information content (AvgIpc) is 2.39. The third kappa shape index (κ3) is 3.19. The van der Waals surface area contributed by atoms with Crippen LogP contribution in [0, 0.1) is 17.8 Å². The van der Waals surface area contributed by atoms with E-state index in [9.17, 15) is 4.79 Å². The van der Waals surface area contributed by atoms with Crippen molar-refractivity contribution in [2.45, 2.75) is 83.7 Å². The van der Waals surface area contributed by atoms with Gasteiger partial charge in [0.05, 0.1) is 0 Å². The van der Waals surface area contributed by atoms with E-state index in [1.54, 1.807) is 0 Å². The number of carbonyl (C=O) groups excluding carboxylic acids is 1. The largest absolute Gasteiger partial charge is 0.368 e. The van der Waals surface area contributed by atoms with E-state index < -0.39 is 5.54 Å². The number of hydrogen-bond acceptors (Lipinski definition) is 2. The Kier molecular flexibility index (Phi) is 5.11. The van der Waals surface area contributed by atoms with Gasteiger partial charge in [-0.05, 0) is 43.4 Å². The summed E-state index contributed by atoms with van der Waals surface area (Å²) in [7, 11) is 0. The molecule has 0 bridgehead atoms. The monoisotopic (exact) mass is 280 g/mol. The Labute approximate surface area is 124 Å². The molecule has 0 heterocycles. The first-order chi connectivity index (χ1) is 9.45. The van der Waals surface area contributed by atoms with Crippen LogP contribution in [-0.2, 0) is 4.79 Å². The number of amides is 1. The Balaban J connectivity index is 2.21. The highest BCUT2D eigenvalue weighted by molar-refractivity contribution is 5.85. The summed E-state index contributed by atoms with van der Waals surface area (Å²) >= 11 is 0. The standard InChI is InChI=1S/C17H32N2O/c1-12(2)15-10-9-13(3)11-17(15,16(18)20)19-14-7-5-4-6-8-14/h12-15,19H,4-11H2,1-3H3,(H2,18,20). The quantitative estimate of drug-likeness (QED) is 0.830. The Morgan fingerprint density at radius 3 is 2.35 bits per heavy atom. The zero-order valence-electron chi connectivity index (χ0n) is 13.5. The fourth-order valence-electron chi connectivity index (χ4n) is 4.55. The van der Waals surface area contributed by atoms with Gasteiger partial charge in [-0.2, -0.15) is 0 Å². The van der Waals surface area contributed by atoms with Crippen LogP contribution in [0.3, 0.4) is 0 Å². The highest BCUT2D eigenvalue weighted by atomic mass is 16.1. The molecule has 0 aromatic carbocycles. The highest BCUT2D eigenvalue weighted by Crippen LogP contribution is 2.42. The Bertz CT molecular complexity index is 336. The highest BCUT2D eigenvalue weighted by Gasteiger charge is 2.49. The first kappa shape index (κ1) is 15.8. The summed E-state index contributed by atoms with van der Waals surface area (Å²) in [5.74, 6) is 1.37. The molecule has 2 rings (SSSR count). The van der Waals surface area contributed by atoms with Gasteiger partial charge in [0.2, 0.25) is 5.91 Å². The van der Waals surface area contributed by atoms with Crippen LogP contribution in [0.15, 0.2) is 0 Å². The molecule has 1 amide bonds. The fraction of sp³-hybridized carbons (Fsp3) is 0.941. The maximum absolute atomic E-state index is 12.4. The van der Waals surface area contributed by atoms with Crippen molar-refractivity contribution in [3.8, 4) is 0 Å². The molecule has 2 aliphatic rings. The van der Waals surface area contributed by atoms with Gasteiger partial charge in [0.1, 0.15) is 5.54 Å². The molecule has 0 aliphatic heterocycles. The molecule has 2 aliphatic carbocycles. The SMILES string of the molecule is CC1CCC(C(C)C)C(NC2CCCCC2)(C(N)=O)C1. The van der Waals surface area contributed by atoms with Gasteiger partial charge in [-0.1, -0.05) is 46.5 Å². The number of nitrogens with two attached hydrogens (primary N) is 1. The lowest BCUT2D eigenvalue weighted by molar-refractivity contribution is -0.131. The maximum atomic E-state index is 12.4. The lowest BCUT2D eigenvalue weighted by Crippen LogP contribution is -2.66. The predicted octanol–water partition coefficient (Wildman–Crippen LogP) is 3.23. The zero-order valence-corrected chi connectivity index (χ0v) is 13.5. The van der Waals surface area contributed by atoms with Crippen LogP contribution >= 0.6 is 0 Å². The van der Waals surface area contributed by atoms with Gasteiger partial charge >= 0.3 is 0 Å². The van der Waals surface area contributed by atoms with Crippen molar-refractivity contribution in [3.63, 3.8) is 0 Å². The topological polar surface area (TPSA) is 55.1 Å². The normalized spacial score (nSPS) is 36.2. The van der Waals surface area contributed by atoms with Crippen molar-refractivity contribution < 1.29 is 4.79 Å². The van der Waals surface area contributed by atoms with Gasteiger partial charge in [-0.15, -0.1) is 0 Å². The molecule has 3 atom stereocenters. The van der Waals surface area contributed by atoms with Crippen molar-refractivity contribution in [1.82, 2.24) is 5.32 Å². The molecule has 2 saturated carbocycles. The van der Waals surface area contributed by atoms with Gasteiger partial charge in [0, 0.05) is 6.04 Å². The van der Waals surface area contributed by atoms with E-state index in [1.807, 2.05) is 0 Å². The van der Waals surface area contributed by atoms with Crippen LogP contribution in [0.1, 0.15) is 72.1 Å².